The first kappa shape index (κ1) is 28.8. The number of carbonyl (C=O) groups excluding carboxylic acids is 1. The lowest BCUT2D eigenvalue weighted by Gasteiger charge is -2.37. The van der Waals surface area contributed by atoms with E-state index < -0.39 is 31.4 Å². The summed E-state index contributed by atoms with van der Waals surface area (Å²) in [7, 11) is -1.31. The number of halogens is 2. The number of carboxylic acid groups (broad SMARTS) is 1. The van der Waals surface area contributed by atoms with Gasteiger partial charge in [-0.3, -0.25) is 4.79 Å². The largest absolute Gasteiger partial charge is 0.478 e. The molecule has 0 atom stereocenters. The van der Waals surface area contributed by atoms with E-state index in [4.69, 9.17) is 14.2 Å². The van der Waals surface area contributed by atoms with Crippen LogP contribution in [0.4, 0.5) is 8.78 Å². The molecule has 0 unspecified atom stereocenters. The second-order valence-electron chi connectivity index (χ2n) is 11.7. The van der Waals surface area contributed by atoms with Crippen LogP contribution in [0.15, 0.2) is 30.6 Å². The number of hydrogen-bond acceptors (Lipinski definition) is 6. The number of carboxylic acids is 1. The van der Waals surface area contributed by atoms with Gasteiger partial charge in [-0.1, -0.05) is 26.6 Å². The Hall–Kier alpha value is -3.15. The molecule has 0 saturated carbocycles. The lowest BCUT2D eigenvalue weighted by Crippen LogP contribution is -2.40. The summed E-state index contributed by atoms with van der Waals surface area (Å²) in [6.45, 7) is 10.5. The van der Waals surface area contributed by atoms with Crippen molar-refractivity contribution in [1.29, 1.82) is 0 Å². The number of aromatic nitrogens is 2. The van der Waals surface area contributed by atoms with Crippen molar-refractivity contribution in [3.8, 4) is 11.5 Å². The number of ketones is 1. The second-order valence-corrected chi connectivity index (χ2v) is 17.3. The van der Waals surface area contributed by atoms with Gasteiger partial charge >= 0.3 is 5.97 Å². The van der Waals surface area contributed by atoms with Crippen LogP contribution in [0.5, 0.6) is 11.5 Å². The topological polar surface area (TPSA) is 99.9 Å². The molecule has 8 nitrogen and oxygen atoms in total. The zero-order valence-electron chi connectivity index (χ0n) is 22.7. The highest BCUT2D eigenvalue weighted by atomic mass is 28.3. The van der Waals surface area contributed by atoms with Crippen LogP contribution in [0.3, 0.4) is 0 Å². The second kappa shape index (κ2) is 11.5. The summed E-state index contributed by atoms with van der Waals surface area (Å²) >= 11 is 0. The molecule has 11 heteroatoms. The van der Waals surface area contributed by atoms with Gasteiger partial charge < -0.3 is 23.9 Å². The molecular weight excluding hydrogens is 526 g/mol. The molecule has 1 saturated heterocycles. The Morgan fingerprint density at radius 1 is 1.21 bits per heavy atom. The van der Waals surface area contributed by atoms with E-state index in [1.54, 1.807) is 0 Å². The fraction of sp³-hybridized carbons (Fsp3) is 0.464. The molecule has 4 rings (SSSR count). The first-order chi connectivity index (χ1) is 18.3. The molecule has 1 aliphatic heterocycles. The summed E-state index contributed by atoms with van der Waals surface area (Å²) in [6.07, 6.45) is 3.60. The normalized spacial score (nSPS) is 14.8. The number of Topliss-reactive ketones (excluding diaryl/α,β-unsaturated/α-hetero) is 1. The number of ether oxygens (including phenoxy) is 3. The lowest BCUT2D eigenvalue weighted by atomic mass is 9.82. The molecule has 0 amide bonds. The Bertz CT molecular complexity index is 1360. The van der Waals surface area contributed by atoms with Gasteiger partial charge in [0, 0.05) is 45.3 Å². The Morgan fingerprint density at radius 2 is 1.90 bits per heavy atom. The van der Waals surface area contributed by atoms with Crippen molar-refractivity contribution < 1.29 is 37.7 Å². The van der Waals surface area contributed by atoms with Crippen LogP contribution in [0.1, 0.15) is 35.7 Å². The van der Waals surface area contributed by atoms with Gasteiger partial charge in [0.05, 0.1) is 24.2 Å². The molecular formula is C28H34F2N2O6Si. The Balaban J connectivity index is 1.53. The van der Waals surface area contributed by atoms with Crippen molar-refractivity contribution in [2.24, 2.45) is 5.41 Å². The third-order valence-electron chi connectivity index (χ3n) is 6.76. The molecule has 3 aromatic rings. The molecule has 1 aliphatic rings. The minimum absolute atomic E-state index is 0.0202. The van der Waals surface area contributed by atoms with Gasteiger partial charge in [0.2, 0.25) is 0 Å². The van der Waals surface area contributed by atoms with E-state index in [9.17, 15) is 14.7 Å². The maximum atomic E-state index is 15.0. The number of aromatic carboxylic acids is 1. The van der Waals surface area contributed by atoms with Crippen LogP contribution in [0, 0.1) is 17.0 Å². The minimum Gasteiger partial charge on any atom is -0.478 e. The van der Waals surface area contributed by atoms with Crippen molar-refractivity contribution in [2.75, 3.05) is 19.8 Å². The van der Waals surface area contributed by atoms with Crippen LogP contribution in [0.25, 0.3) is 11.0 Å². The van der Waals surface area contributed by atoms with Gasteiger partial charge in [0.1, 0.15) is 23.9 Å². The van der Waals surface area contributed by atoms with E-state index in [-0.39, 0.29) is 52.3 Å². The molecule has 1 aromatic carbocycles. The predicted octanol–water partition coefficient (Wildman–Crippen LogP) is 6.05. The molecule has 0 spiro atoms. The number of carbonyl (C=O) groups is 2. The summed E-state index contributed by atoms with van der Waals surface area (Å²) in [6, 6.07) is 4.43. The SMILES string of the molecule is CC1(CCC(=O)Cc2cc(F)c(Oc3ccnc4c3c(C(=O)O)cn4COCC[Si](C)(C)C)c(F)c2)COC1. The monoisotopic (exact) mass is 560 g/mol. The minimum atomic E-state index is -1.31. The van der Waals surface area contributed by atoms with Crippen molar-refractivity contribution in [3.63, 3.8) is 0 Å². The van der Waals surface area contributed by atoms with Gasteiger partial charge in [0.15, 0.2) is 17.4 Å². The molecule has 0 radical (unpaired) electrons. The average molecular weight is 561 g/mol. The summed E-state index contributed by atoms with van der Waals surface area (Å²) in [5, 5.41) is 9.89. The lowest BCUT2D eigenvalue weighted by molar-refractivity contribution is -0.125. The number of nitrogens with zero attached hydrogens (tertiary/aromatic N) is 2. The van der Waals surface area contributed by atoms with Crippen molar-refractivity contribution in [3.05, 3.63) is 53.4 Å². The molecule has 2 aromatic heterocycles. The fourth-order valence-electron chi connectivity index (χ4n) is 4.35. The first-order valence-electron chi connectivity index (χ1n) is 12.9. The van der Waals surface area contributed by atoms with Crippen LogP contribution in [0.2, 0.25) is 25.7 Å². The maximum Gasteiger partial charge on any atom is 0.338 e. The van der Waals surface area contributed by atoms with Gasteiger partial charge in [-0.05, 0) is 36.2 Å². The number of rotatable bonds is 13. The Labute approximate surface area is 226 Å². The zero-order valence-corrected chi connectivity index (χ0v) is 23.7. The highest BCUT2D eigenvalue weighted by Crippen LogP contribution is 2.36. The Kier molecular flexibility index (Phi) is 8.53. The summed E-state index contributed by atoms with van der Waals surface area (Å²) < 4.78 is 48.1. The third-order valence-corrected chi connectivity index (χ3v) is 8.46. The molecule has 1 N–H and O–H groups in total. The molecule has 3 heterocycles. The predicted molar refractivity (Wildman–Crippen MR) is 144 cm³/mol. The zero-order chi connectivity index (χ0) is 28.4. The highest BCUT2D eigenvalue weighted by molar-refractivity contribution is 6.76. The smallest absolute Gasteiger partial charge is 0.338 e. The summed E-state index contributed by atoms with van der Waals surface area (Å²) in [4.78, 5) is 28.7. The van der Waals surface area contributed by atoms with E-state index in [1.807, 2.05) is 6.92 Å². The van der Waals surface area contributed by atoms with Crippen LogP contribution in [-0.2, 0) is 27.4 Å². The van der Waals surface area contributed by atoms with Gasteiger partial charge in [-0.2, -0.15) is 0 Å². The van der Waals surface area contributed by atoms with E-state index in [2.05, 4.69) is 24.6 Å². The summed E-state index contributed by atoms with van der Waals surface area (Å²) in [5.41, 5.74) is 0.306. The molecule has 39 heavy (non-hydrogen) atoms. The number of benzene rings is 1. The van der Waals surface area contributed by atoms with Crippen molar-refractivity contribution in [2.45, 2.75) is 58.6 Å². The van der Waals surface area contributed by atoms with E-state index in [0.717, 1.165) is 18.2 Å². The van der Waals surface area contributed by atoms with Crippen molar-refractivity contribution in [1.82, 2.24) is 9.55 Å². The van der Waals surface area contributed by atoms with Gasteiger partial charge in [-0.15, -0.1) is 0 Å². The van der Waals surface area contributed by atoms with Crippen LogP contribution in [-0.4, -0.2) is 54.3 Å². The van der Waals surface area contributed by atoms with E-state index in [0.29, 0.717) is 32.7 Å². The standard InChI is InChI=1S/C28H34F2N2O6Si/c1-28(15-37-16-28)7-5-19(33)11-18-12-21(29)25(22(30)13-18)38-23-6-8-31-26-24(23)20(27(34)35)14-32(26)17-36-9-10-39(2,3)4/h6,8,12-14H,5,7,9-11,15-17H2,1-4H3,(H,34,35). The third kappa shape index (κ3) is 7.08. The quantitative estimate of drug-likeness (QED) is 0.201. The molecule has 210 valence electrons. The summed E-state index contributed by atoms with van der Waals surface area (Å²) in [5.74, 6) is -4.09. The fourth-order valence-corrected chi connectivity index (χ4v) is 5.10. The molecule has 1 fully saturated rings. The highest BCUT2D eigenvalue weighted by Gasteiger charge is 2.33. The van der Waals surface area contributed by atoms with Crippen LogP contribution < -0.4 is 4.74 Å². The number of fused-ring (bicyclic) bond motifs is 1. The van der Waals surface area contributed by atoms with E-state index >= 15 is 8.78 Å². The first-order valence-corrected chi connectivity index (χ1v) is 16.6. The number of pyridine rings is 1. The maximum absolute atomic E-state index is 15.0. The van der Waals surface area contributed by atoms with Crippen molar-refractivity contribution >= 4 is 30.9 Å². The van der Waals surface area contributed by atoms with Gasteiger partial charge in [0.25, 0.3) is 0 Å². The van der Waals surface area contributed by atoms with E-state index in [1.165, 1.54) is 23.0 Å². The molecule has 0 aliphatic carbocycles. The Morgan fingerprint density at radius 3 is 2.49 bits per heavy atom. The van der Waals surface area contributed by atoms with Gasteiger partial charge in [-0.25, -0.2) is 18.6 Å². The number of hydrogen-bond donors (Lipinski definition) is 1. The van der Waals surface area contributed by atoms with Crippen LogP contribution >= 0.6 is 0 Å². The average Bonchev–Trinajstić information content (AvgIpc) is 3.21. The molecule has 0 bridgehead atoms.